The summed E-state index contributed by atoms with van der Waals surface area (Å²) in [6, 6.07) is 11.9. The van der Waals surface area contributed by atoms with Gasteiger partial charge >= 0.3 is 0 Å². The van der Waals surface area contributed by atoms with Gasteiger partial charge < -0.3 is 10.6 Å². The number of hydrogen-bond donors (Lipinski definition) is 2. The Bertz CT molecular complexity index is 793. The zero-order valence-corrected chi connectivity index (χ0v) is 17.5. The number of carbonyl (C=O) groups is 2. The summed E-state index contributed by atoms with van der Waals surface area (Å²) in [6.07, 6.45) is 0.969. The zero-order valence-electron chi connectivity index (χ0n) is 16.7. The molecule has 0 aliphatic rings. The molecular weight excluding hydrogens is 356 g/mol. The van der Waals surface area contributed by atoms with Crippen molar-refractivity contribution in [1.82, 2.24) is 0 Å². The number of anilines is 2. The minimum Gasteiger partial charge on any atom is -0.325 e. The summed E-state index contributed by atoms with van der Waals surface area (Å²) in [7, 11) is 0. The Balaban J connectivity index is 1.86. The van der Waals surface area contributed by atoms with E-state index in [1.54, 1.807) is 0 Å². The van der Waals surface area contributed by atoms with Gasteiger partial charge in [0.1, 0.15) is 0 Å². The van der Waals surface area contributed by atoms with Gasteiger partial charge in [0.25, 0.3) is 0 Å². The molecule has 0 saturated heterocycles. The monoisotopic (exact) mass is 384 g/mol. The van der Waals surface area contributed by atoms with Gasteiger partial charge in [-0.3, -0.25) is 9.59 Å². The third-order valence-electron chi connectivity index (χ3n) is 4.40. The number of rotatable bonds is 7. The van der Waals surface area contributed by atoms with Crippen LogP contribution < -0.4 is 10.6 Å². The fraction of sp³-hybridized carbons (Fsp3) is 0.364. The van der Waals surface area contributed by atoms with Crippen LogP contribution >= 0.6 is 11.8 Å². The number of amides is 2. The first-order valence-corrected chi connectivity index (χ1v) is 10.2. The van der Waals surface area contributed by atoms with Gasteiger partial charge in [-0.2, -0.15) is 0 Å². The van der Waals surface area contributed by atoms with Crippen LogP contribution in [-0.2, 0) is 16.0 Å². The van der Waals surface area contributed by atoms with Crippen LogP contribution in [0.1, 0.15) is 36.1 Å². The molecule has 0 radical (unpaired) electrons. The van der Waals surface area contributed by atoms with Crippen molar-refractivity contribution in [3.05, 3.63) is 58.7 Å². The van der Waals surface area contributed by atoms with Crippen LogP contribution in [0.25, 0.3) is 0 Å². The second kappa shape index (κ2) is 9.60. The highest BCUT2D eigenvalue weighted by Crippen LogP contribution is 2.23. The van der Waals surface area contributed by atoms with Crippen molar-refractivity contribution in [2.45, 2.75) is 46.3 Å². The Morgan fingerprint density at radius 2 is 1.59 bits per heavy atom. The van der Waals surface area contributed by atoms with E-state index in [-0.39, 0.29) is 22.8 Å². The van der Waals surface area contributed by atoms with E-state index in [1.807, 2.05) is 52.0 Å². The van der Waals surface area contributed by atoms with E-state index >= 15 is 0 Å². The molecule has 0 saturated carbocycles. The van der Waals surface area contributed by atoms with Crippen molar-refractivity contribution in [2.75, 3.05) is 16.4 Å². The maximum Gasteiger partial charge on any atom is 0.237 e. The number of carbonyl (C=O) groups excluding carboxylic acids is 2. The lowest BCUT2D eigenvalue weighted by Crippen LogP contribution is -2.25. The Labute approximate surface area is 166 Å². The molecule has 0 spiro atoms. The molecular formula is C22H28N2O2S. The molecule has 27 heavy (non-hydrogen) atoms. The molecule has 144 valence electrons. The largest absolute Gasteiger partial charge is 0.325 e. The Morgan fingerprint density at radius 3 is 2.15 bits per heavy atom. The van der Waals surface area contributed by atoms with Gasteiger partial charge in [-0.05, 0) is 62.9 Å². The molecule has 0 heterocycles. The van der Waals surface area contributed by atoms with Crippen molar-refractivity contribution in [2.24, 2.45) is 0 Å². The summed E-state index contributed by atoms with van der Waals surface area (Å²) >= 11 is 1.33. The van der Waals surface area contributed by atoms with Crippen molar-refractivity contribution < 1.29 is 9.59 Å². The van der Waals surface area contributed by atoms with Gasteiger partial charge in [-0.15, -0.1) is 11.8 Å². The van der Waals surface area contributed by atoms with Crippen molar-refractivity contribution in [3.63, 3.8) is 0 Å². The van der Waals surface area contributed by atoms with E-state index in [9.17, 15) is 9.59 Å². The van der Waals surface area contributed by atoms with E-state index in [0.29, 0.717) is 0 Å². The molecule has 1 atom stereocenters. The van der Waals surface area contributed by atoms with Crippen LogP contribution in [-0.4, -0.2) is 22.8 Å². The zero-order chi connectivity index (χ0) is 20.0. The van der Waals surface area contributed by atoms with Crippen LogP contribution in [0.3, 0.4) is 0 Å². The predicted octanol–water partition coefficient (Wildman–Crippen LogP) is 4.87. The number of aryl methyl sites for hydroxylation is 4. The fourth-order valence-corrected chi connectivity index (χ4v) is 3.58. The number of thioether (sulfide) groups is 1. The van der Waals surface area contributed by atoms with E-state index in [4.69, 9.17) is 0 Å². The van der Waals surface area contributed by atoms with Crippen LogP contribution in [0.15, 0.2) is 36.4 Å². The minimum atomic E-state index is -0.321. The summed E-state index contributed by atoms with van der Waals surface area (Å²) < 4.78 is 0. The lowest BCUT2D eigenvalue weighted by Gasteiger charge is -2.16. The Hall–Kier alpha value is -2.27. The number of benzene rings is 2. The second-order valence-corrected chi connectivity index (χ2v) is 8.14. The molecule has 0 fully saturated rings. The van der Waals surface area contributed by atoms with Gasteiger partial charge in [-0.25, -0.2) is 0 Å². The quantitative estimate of drug-likeness (QED) is 0.716. The minimum absolute atomic E-state index is 0.0878. The molecule has 1 unspecified atom stereocenters. The summed E-state index contributed by atoms with van der Waals surface area (Å²) in [5.41, 5.74) is 6.14. The lowest BCUT2D eigenvalue weighted by molar-refractivity contribution is -0.115. The van der Waals surface area contributed by atoms with Crippen molar-refractivity contribution in [1.29, 1.82) is 0 Å². The van der Waals surface area contributed by atoms with Crippen LogP contribution in [0, 0.1) is 20.8 Å². The first-order chi connectivity index (χ1) is 12.8. The highest BCUT2D eigenvalue weighted by Gasteiger charge is 2.17. The smallest absolute Gasteiger partial charge is 0.237 e. The molecule has 0 aromatic heterocycles. The SMILES string of the molecule is CCc1ccc(NC(=O)CSC(C)C(=O)Nc2c(C)cc(C)cc2C)cc1. The summed E-state index contributed by atoms with van der Waals surface area (Å²) in [5, 5.41) is 5.55. The molecule has 2 aromatic carbocycles. The van der Waals surface area contributed by atoms with Crippen molar-refractivity contribution in [3.8, 4) is 0 Å². The average molecular weight is 385 g/mol. The molecule has 0 aliphatic carbocycles. The van der Waals surface area contributed by atoms with Gasteiger partial charge in [-0.1, -0.05) is 36.8 Å². The average Bonchev–Trinajstić information content (AvgIpc) is 2.63. The highest BCUT2D eigenvalue weighted by molar-refractivity contribution is 8.01. The topological polar surface area (TPSA) is 58.2 Å². The number of nitrogens with one attached hydrogen (secondary N) is 2. The molecule has 0 bridgehead atoms. The van der Waals surface area contributed by atoms with E-state index in [0.717, 1.165) is 28.9 Å². The summed E-state index contributed by atoms with van der Waals surface area (Å²) in [5.74, 6) is 0.0393. The third-order valence-corrected chi connectivity index (χ3v) is 5.55. The van der Waals surface area contributed by atoms with Crippen molar-refractivity contribution >= 4 is 35.0 Å². The fourth-order valence-electron chi connectivity index (χ4n) is 2.90. The molecule has 2 aromatic rings. The van der Waals surface area contributed by atoms with Gasteiger partial charge in [0, 0.05) is 11.4 Å². The third kappa shape index (κ3) is 6.14. The first-order valence-electron chi connectivity index (χ1n) is 9.19. The van der Waals surface area contributed by atoms with E-state index in [1.165, 1.54) is 22.9 Å². The maximum absolute atomic E-state index is 12.5. The standard InChI is InChI=1S/C22H28N2O2S/c1-6-18-7-9-19(10-8-18)23-20(25)13-27-17(5)22(26)24-21-15(3)11-14(2)12-16(21)4/h7-12,17H,6,13H2,1-5H3,(H,23,25)(H,24,26). The Kier molecular flexibility index (Phi) is 7.48. The molecule has 2 rings (SSSR count). The van der Waals surface area contributed by atoms with E-state index in [2.05, 4.69) is 29.7 Å². The van der Waals surface area contributed by atoms with E-state index < -0.39 is 0 Å². The molecule has 4 nitrogen and oxygen atoms in total. The summed E-state index contributed by atoms with van der Waals surface area (Å²) in [4.78, 5) is 24.6. The number of hydrogen-bond acceptors (Lipinski definition) is 3. The normalized spacial score (nSPS) is 11.7. The van der Waals surface area contributed by atoms with Crippen LogP contribution in [0.2, 0.25) is 0 Å². The molecule has 5 heteroatoms. The molecule has 2 N–H and O–H groups in total. The highest BCUT2D eigenvalue weighted by atomic mass is 32.2. The summed E-state index contributed by atoms with van der Waals surface area (Å²) in [6.45, 7) is 9.94. The predicted molar refractivity (Wildman–Crippen MR) is 116 cm³/mol. The van der Waals surface area contributed by atoms with Gasteiger partial charge in [0.15, 0.2) is 0 Å². The Morgan fingerprint density at radius 1 is 1.00 bits per heavy atom. The van der Waals surface area contributed by atoms with Gasteiger partial charge in [0.2, 0.25) is 11.8 Å². The lowest BCUT2D eigenvalue weighted by atomic mass is 10.1. The van der Waals surface area contributed by atoms with Crippen LogP contribution in [0.4, 0.5) is 11.4 Å². The van der Waals surface area contributed by atoms with Gasteiger partial charge in [0.05, 0.1) is 11.0 Å². The second-order valence-electron chi connectivity index (χ2n) is 6.81. The van der Waals surface area contributed by atoms with Crippen LogP contribution in [0.5, 0.6) is 0 Å². The maximum atomic E-state index is 12.5. The molecule has 0 aliphatic heterocycles. The molecule has 2 amide bonds. The first kappa shape index (κ1) is 21.0.